The maximum Gasteiger partial charge on any atom is 0.125 e. The van der Waals surface area contributed by atoms with Crippen LogP contribution < -0.4 is 5.32 Å². The lowest BCUT2D eigenvalue weighted by Crippen LogP contribution is -2.18. The molecule has 0 amide bonds. The van der Waals surface area contributed by atoms with Gasteiger partial charge in [-0.05, 0) is 31.5 Å². The van der Waals surface area contributed by atoms with Crippen LogP contribution in [-0.2, 0) is 6.42 Å². The van der Waals surface area contributed by atoms with Crippen molar-refractivity contribution >= 4 is 11.0 Å². The molecule has 0 saturated heterocycles. The zero-order valence-corrected chi connectivity index (χ0v) is 10.6. The van der Waals surface area contributed by atoms with E-state index in [-0.39, 0.29) is 5.82 Å². The number of likely N-dealkylation sites (N-methyl/N-ethyl adjacent to an activating group) is 1. The Kier molecular flexibility index (Phi) is 3.04. The summed E-state index contributed by atoms with van der Waals surface area (Å²) in [7, 11) is 0. The molecule has 1 aromatic carbocycles. The molecule has 1 aliphatic rings. The van der Waals surface area contributed by atoms with E-state index in [1.54, 1.807) is 0 Å². The largest absolute Gasteiger partial charge is 0.325 e. The van der Waals surface area contributed by atoms with Crippen molar-refractivity contribution in [1.82, 2.24) is 14.9 Å². The summed E-state index contributed by atoms with van der Waals surface area (Å²) in [6, 6.07) is 5.49. The standard InChI is InChI=1S/C14H18FN3/c1-2-16-8-7-14-17-12-9-10(15)3-6-13(12)18(14)11-4-5-11/h3,6,9,11,16H,2,4-5,7-8H2,1H3. The van der Waals surface area contributed by atoms with E-state index in [2.05, 4.69) is 21.8 Å². The number of nitrogens with zero attached hydrogens (tertiary/aromatic N) is 2. The Morgan fingerprint density at radius 2 is 2.28 bits per heavy atom. The van der Waals surface area contributed by atoms with Crippen LogP contribution in [-0.4, -0.2) is 22.6 Å². The number of hydrogen-bond acceptors (Lipinski definition) is 2. The molecule has 1 heterocycles. The highest BCUT2D eigenvalue weighted by Crippen LogP contribution is 2.38. The first-order valence-corrected chi connectivity index (χ1v) is 6.66. The summed E-state index contributed by atoms with van der Waals surface area (Å²) in [6.45, 7) is 3.99. The van der Waals surface area contributed by atoms with Crippen LogP contribution >= 0.6 is 0 Å². The smallest absolute Gasteiger partial charge is 0.125 e. The Bertz CT molecular complexity index is 557. The lowest BCUT2D eigenvalue weighted by Gasteiger charge is -2.07. The Morgan fingerprint density at radius 1 is 1.44 bits per heavy atom. The van der Waals surface area contributed by atoms with E-state index in [0.717, 1.165) is 36.4 Å². The van der Waals surface area contributed by atoms with E-state index >= 15 is 0 Å². The topological polar surface area (TPSA) is 29.9 Å². The zero-order chi connectivity index (χ0) is 12.5. The fourth-order valence-electron chi connectivity index (χ4n) is 2.42. The summed E-state index contributed by atoms with van der Waals surface area (Å²) in [5.41, 5.74) is 1.86. The van der Waals surface area contributed by atoms with Gasteiger partial charge in [0.05, 0.1) is 11.0 Å². The second-order valence-corrected chi connectivity index (χ2v) is 4.87. The van der Waals surface area contributed by atoms with Gasteiger partial charge in [-0.25, -0.2) is 9.37 Å². The molecule has 0 aliphatic heterocycles. The highest BCUT2D eigenvalue weighted by atomic mass is 19.1. The second-order valence-electron chi connectivity index (χ2n) is 4.87. The molecule has 4 heteroatoms. The van der Waals surface area contributed by atoms with Crippen molar-refractivity contribution in [2.24, 2.45) is 0 Å². The minimum atomic E-state index is -0.207. The number of aromatic nitrogens is 2. The van der Waals surface area contributed by atoms with E-state index in [0.29, 0.717) is 6.04 Å². The number of imidazole rings is 1. The number of hydrogen-bond donors (Lipinski definition) is 1. The van der Waals surface area contributed by atoms with Crippen molar-refractivity contribution in [1.29, 1.82) is 0 Å². The molecule has 18 heavy (non-hydrogen) atoms. The molecule has 1 aliphatic carbocycles. The Balaban J connectivity index is 1.98. The summed E-state index contributed by atoms with van der Waals surface area (Å²) >= 11 is 0. The molecule has 1 saturated carbocycles. The van der Waals surface area contributed by atoms with Gasteiger partial charge >= 0.3 is 0 Å². The Hall–Kier alpha value is -1.42. The van der Waals surface area contributed by atoms with Gasteiger partial charge in [0.25, 0.3) is 0 Å². The minimum Gasteiger partial charge on any atom is -0.325 e. The first kappa shape index (κ1) is 11.7. The van der Waals surface area contributed by atoms with Crippen molar-refractivity contribution in [2.45, 2.75) is 32.2 Å². The number of benzene rings is 1. The molecule has 0 bridgehead atoms. The van der Waals surface area contributed by atoms with Gasteiger partial charge in [-0.15, -0.1) is 0 Å². The Morgan fingerprint density at radius 3 is 3.00 bits per heavy atom. The third-order valence-electron chi connectivity index (χ3n) is 3.41. The van der Waals surface area contributed by atoms with Gasteiger partial charge in [-0.2, -0.15) is 0 Å². The SMILES string of the molecule is CCNCCc1nc2cc(F)ccc2n1C1CC1. The predicted octanol–water partition coefficient (Wildman–Crippen LogP) is 2.66. The van der Waals surface area contributed by atoms with Crippen molar-refractivity contribution in [3.8, 4) is 0 Å². The molecule has 2 aromatic rings. The molecule has 1 N–H and O–H groups in total. The molecular weight excluding hydrogens is 229 g/mol. The van der Waals surface area contributed by atoms with Crippen LogP contribution in [0.3, 0.4) is 0 Å². The molecule has 1 fully saturated rings. The highest BCUT2D eigenvalue weighted by Gasteiger charge is 2.27. The third-order valence-corrected chi connectivity index (χ3v) is 3.41. The molecule has 3 rings (SSSR count). The second kappa shape index (κ2) is 4.69. The van der Waals surface area contributed by atoms with Crippen LogP contribution in [0.1, 0.15) is 31.6 Å². The fraction of sp³-hybridized carbons (Fsp3) is 0.500. The predicted molar refractivity (Wildman–Crippen MR) is 70.2 cm³/mol. The number of halogens is 1. The van der Waals surface area contributed by atoms with Crippen molar-refractivity contribution in [3.63, 3.8) is 0 Å². The van der Waals surface area contributed by atoms with Crippen LogP contribution in [0.4, 0.5) is 4.39 Å². The number of nitrogens with one attached hydrogen (secondary N) is 1. The number of fused-ring (bicyclic) bond motifs is 1. The summed E-state index contributed by atoms with van der Waals surface area (Å²) in [5.74, 6) is 0.875. The van der Waals surface area contributed by atoms with Crippen molar-refractivity contribution < 1.29 is 4.39 Å². The lowest BCUT2D eigenvalue weighted by molar-refractivity contribution is 0.629. The van der Waals surface area contributed by atoms with Gasteiger partial charge < -0.3 is 9.88 Å². The van der Waals surface area contributed by atoms with Crippen LogP contribution in [0.25, 0.3) is 11.0 Å². The van der Waals surface area contributed by atoms with Gasteiger partial charge in [0.1, 0.15) is 11.6 Å². The number of rotatable bonds is 5. The monoisotopic (exact) mass is 247 g/mol. The first-order valence-electron chi connectivity index (χ1n) is 6.66. The van der Waals surface area contributed by atoms with Gasteiger partial charge in [0.15, 0.2) is 0 Å². The maximum atomic E-state index is 13.2. The van der Waals surface area contributed by atoms with E-state index in [9.17, 15) is 4.39 Å². The highest BCUT2D eigenvalue weighted by molar-refractivity contribution is 5.76. The van der Waals surface area contributed by atoms with E-state index in [1.807, 2.05) is 6.07 Å². The van der Waals surface area contributed by atoms with Crippen LogP contribution in [0.5, 0.6) is 0 Å². The van der Waals surface area contributed by atoms with Crippen LogP contribution in [0, 0.1) is 5.82 Å². The van der Waals surface area contributed by atoms with Crippen LogP contribution in [0.15, 0.2) is 18.2 Å². The quantitative estimate of drug-likeness (QED) is 0.823. The molecule has 0 atom stereocenters. The first-order chi connectivity index (χ1) is 8.79. The van der Waals surface area contributed by atoms with Crippen molar-refractivity contribution in [2.75, 3.05) is 13.1 Å². The van der Waals surface area contributed by atoms with E-state index < -0.39 is 0 Å². The lowest BCUT2D eigenvalue weighted by atomic mass is 10.3. The normalized spacial score (nSPS) is 15.4. The molecular formula is C14H18FN3. The summed E-state index contributed by atoms with van der Waals surface area (Å²) in [5, 5.41) is 3.31. The van der Waals surface area contributed by atoms with E-state index in [4.69, 9.17) is 0 Å². The fourth-order valence-corrected chi connectivity index (χ4v) is 2.42. The maximum absolute atomic E-state index is 13.2. The average molecular weight is 247 g/mol. The Labute approximate surface area is 106 Å². The molecule has 3 nitrogen and oxygen atoms in total. The molecule has 0 unspecified atom stereocenters. The summed E-state index contributed by atoms with van der Waals surface area (Å²) in [6.07, 6.45) is 3.34. The zero-order valence-electron chi connectivity index (χ0n) is 10.6. The minimum absolute atomic E-state index is 0.207. The van der Waals surface area contributed by atoms with E-state index in [1.165, 1.54) is 25.0 Å². The summed E-state index contributed by atoms with van der Waals surface area (Å²) in [4.78, 5) is 4.59. The average Bonchev–Trinajstić information content (AvgIpc) is 3.12. The van der Waals surface area contributed by atoms with Gasteiger partial charge in [-0.3, -0.25) is 0 Å². The molecule has 0 radical (unpaired) electrons. The van der Waals surface area contributed by atoms with Gasteiger partial charge in [0.2, 0.25) is 0 Å². The van der Waals surface area contributed by atoms with Gasteiger partial charge in [-0.1, -0.05) is 6.92 Å². The van der Waals surface area contributed by atoms with Crippen LogP contribution in [0.2, 0.25) is 0 Å². The molecule has 96 valence electrons. The molecule has 0 spiro atoms. The molecule has 1 aromatic heterocycles. The van der Waals surface area contributed by atoms with Crippen molar-refractivity contribution in [3.05, 3.63) is 29.8 Å². The third kappa shape index (κ3) is 2.12. The summed E-state index contributed by atoms with van der Waals surface area (Å²) < 4.78 is 15.5. The van der Waals surface area contributed by atoms with Gasteiger partial charge in [0, 0.05) is 25.1 Å².